The number of nitrogens with one attached hydrogen (secondary N) is 1. The van der Waals surface area contributed by atoms with Crippen molar-refractivity contribution in [1.29, 1.82) is 0 Å². The number of rotatable bonds is 7. The number of nitrogens with zero attached hydrogens (tertiary/aromatic N) is 2. The van der Waals surface area contributed by atoms with Crippen molar-refractivity contribution in [1.82, 2.24) is 9.97 Å². The summed E-state index contributed by atoms with van der Waals surface area (Å²) in [5.74, 6) is 1.69. The van der Waals surface area contributed by atoms with E-state index in [2.05, 4.69) is 38.9 Å². The van der Waals surface area contributed by atoms with Crippen LogP contribution < -0.4 is 15.8 Å². The highest BCUT2D eigenvalue weighted by Gasteiger charge is 2.04. The third-order valence-electron chi connectivity index (χ3n) is 4.23. The molecule has 4 rings (SSSR count). The Morgan fingerprint density at radius 1 is 1.04 bits per heavy atom. The molecule has 0 atom stereocenters. The lowest BCUT2D eigenvalue weighted by atomic mass is 10.1. The van der Waals surface area contributed by atoms with Crippen molar-refractivity contribution in [3.05, 3.63) is 76.7 Å². The lowest BCUT2D eigenvalue weighted by Gasteiger charge is -2.10. The number of nitrogens with two attached hydrogens (primary N) is 1. The van der Waals surface area contributed by atoms with Crippen LogP contribution in [0.3, 0.4) is 0 Å². The van der Waals surface area contributed by atoms with Gasteiger partial charge < -0.3 is 15.8 Å². The van der Waals surface area contributed by atoms with E-state index in [4.69, 9.17) is 10.5 Å². The fourth-order valence-electron chi connectivity index (χ4n) is 2.88. The van der Waals surface area contributed by atoms with Crippen LogP contribution in [0.2, 0.25) is 0 Å². The van der Waals surface area contributed by atoms with E-state index in [-0.39, 0.29) is 0 Å². The van der Waals surface area contributed by atoms with Crippen LogP contribution in [0.5, 0.6) is 5.75 Å². The molecule has 5 nitrogen and oxygen atoms in total. The van der Waals surface area contributed by atoms with Gasteiger partial charge in [-0.3, -0.25) is 0 Å². The van der Waals surface area contributed by atoms with Crippen molar-refractivity contribution in [3.8, 4) is 5.75 Å². The number of nitrogen functional groups attached to an aromatic ring is 1. The first kappa shape index (κ1) is 17.3. The van der Waals surface area contributed by atoms with Gasteiger partial charge in [-0.1, -0.05) is 18.2 Å². The first-order valence-corrected chi connectivity index (χ1v) is 9.64. The number of hydrogen-bond donors (Lipinski definition) is 2. The largest absolute Gasteiger partial charge is 0.488 e. The third kappa shape index (κ3) is 4.35. The maximum Gasteiger partial charge on any atom is 0.137 e. The highest BCUT2D eigenvalue weighted by atomic mass is 32.1. The third-order valence-corrected chi connectivity index (χ3v) is 5.08. The van der Waals surface area contributed by atoms with Gasteiger partial charge in [0.05, 0.1) is 5.52 Å². The van der Waals surface area contributed by atoms with Gasteiger partial charge in [0.25, 0.3) is 0 Å². The summed E-state index contributed by atoms with van der Waals surface area (Å²) in [6.45, 7) is 1.36. The van der Waals surface area contributed by atoms with E-state index in [9.17, 15) is 0 Å². The van der Waals surface area contributed by atoms with Gasteiger partial charge in [-0.2, -0.15) is 0 Å². The minimum atomic E-state index is 0.605. The molecule has 136 valence electrons. The van der Waals surface area contributed by atoms with Crippen LogP contribution in [-0.2, 0) is 13.0 Å². The van der Waals surface area contributed by atoms with Crippen LogP contribution in [0.25, 0.3) is 10.9 Å². The summed E-state index contributed by atoms with van der Waals surface area (Å²) in [5.41, 5.74) is 8.69. The van der Waals surface area contributed by atoms with Gasteiger partial charge in [-0.25, -0.2) is 9.97 Å². The smallest absolute Gasteiger partial charge is 0.137 e. The minimum absolute atomic E-state index is 0.605. The predicted octanol–water partition coefficient (Wildman–Crippen LogP) is 4.51. The van der Waals surface area contributed by atoms with E-state index < -0.39 is 0 Å². The standard InChI is InChI=1S/C21H20N4OS/c22-16-6-7-20-19(12-16)21(25-14-24-20)23-9-8-15-3-1-4-17(11-15)26-13-18-5-2-10-27-18/h1-7,10-12,14H,8-9,13,22H2,(H,23,24,25). The number of fused-ring (bicyclic) bond motifs is 1. The molecule has 4 aromatic rings. The Morgan fingerprint density at radius 3 is 2.89 bits per heavy atom. The average molecular weight is 376 g/mol. The number of thiophene rings is 1. The molecule has 0 unspecified atom stereocenters. The van der Waals surface area contributed by atoms with Crippen molar-refractivity contribution in [2.24, 2.45) is 0 Å². The van der Waals surface area contributed by atoms with Gasteiger partial charge in [0.1, 0.15) is 24.5 Å². The lowest BCUT2D eigenvalue weighted by molar-refractivity contribution is 0.309. The highest BCUT2D eigenvalue weighted by Crippen LogP contribution is 2.22. The van der Waals surface area contributed by atoms with Crippen molar-refractivity contribution in [3.63, 3.8) is 0 Å². The molecule has 0 saturated heterocycles. The molecule has 6 heteroatoms. The molecular formula is C21H20N4OS. The first-order valence-electron chi connectivity index (χ1n) is 8.76. The molecule has 27 heavy (non-hydrogen) atoms. The molecule has 2 aromatic heterocycles. The molecule has 0 saturated carbocycles. The summed E-state index contributed by atoms with van der Waals surface area (Å²) in [6, 6.07) is 18.0. The number of benzene rings is 2. The van der Waals surface area contributed by atoms with Gasteiger partial charge in [0.15, 0.2) is 0 Å². The first-order chi connectivity index (χ1) is 13.3. The van der Waals surface area contributed by atoms with Crippen LogP contribution in [0, 0.1) is 0 Å². The summed E-state index contributed by atoms with van der Waals surface area (Å²) >= 11 is 1.70. The van der Waals surface area contributed by atoms with Gasteiger partial charge in [-0.15, -0.1) is 11.3 Å². The zero-order chi connectivity index (χ0) is 18.5. The SMILES string of the molecule is Nc1ccc2ncnc(NCCc3cccc(OCc4cccs4)c3)c2c1. The van der Waals surface area contributed by atoms with E-state index in [0.29, 0.717) is 12.3 Å². The molecule has 0 fully saturated rings. The van der Waals surface area contributed by atoms with Crippen LogP contribution in [-0.4, -0.2) is 16.5 Å². The van der Waals surface area contributed by atoms with Crippen LogP contribution >= 0.6 is 11.3 Å². The minimum Gasteiger partial charge on any atom is -0.488 e. The summed E-state index contributed by atoms with van der Waals surface area (Å²) in [6.07, 6.45) is 2.43. The van der Waals surface area contributed by atoms with E-state index in [1.807, 2.05) is 36.4 Å². The Hall–Kier alpha value is -3.12. The second-order valence-corrected chi connectivity index (χ2v) is 7.22. The van der Waals surface area contributed by atoms with Gasteiger partial charge >= 0.3 is 0 Å². The van der Waals surface area contributed by atoms with E-state index in [1.54, 1.807) is 17.7 Å². The fraction of sp³-hybridized carbons (Fsp3) is 0.143. The molecule has 0 aliphatic rings. The van der Waals surface area contributed by atoms with Crippen LogP contribution in [0.4, 0.5) is 11.5 Å². The normalized spacial score (nSPS) is 10.8. The molecule has 3 N–H and O–H groups in total. The molecule has 0 spiro atoms. The van der Waals surface area contributed by atoms with Crippen molar-refractivity contribution < 1.29 is 4.74 Å². The molecular weight excluding hydrogens is 356 g/mol. The Balaban J connectivity index is 1.38. The monoisotopic (exact) mass is 376 g/mol. The fourth-order valence-corrected chi connectivity index (χ4v) is 3.50. The highest BCUT2D eigenvalue weighted by molar-refractivity contribution is 7.09. The zero-order valence-corrected chi connectivity index (χ0v) is 15.6. The Bertz CT molecular complexity index is 1030. The maximum atomic E-state index is 5.90. The van der Waals surface area contributed by atoms with Gasteiger partial charge in [0, 0.05) is 22.5 Å². The second-order valence-electron chi connectivity index (χ2n) is 6.19. The quantitative estimate of drug-likeness (QED) is 0.464. The Morgan fingerprint density at radius 2 is 2.00 bits per heavy atom. The Kier molecular flexibility index (Phi) is 5.16. The lowest BCUT2D eigenvalue weighted by Crippen LogP contribution is -2.07. The topological polar surface area (TPSA) is 73.1 Å². The molecule has 2 aromatic carbocycles. The summed E-state index contributed by atoms with van der Waals surface area (Å²) < 4.78 is 5.88. The zero-order valence-electron chi connectivity index (χ0n) is 14.8. The second kappa shape index (κ2) is 8.05. The van der Waals surface area contributed by atoms with Crippen molar-refractivity contribution in [2.75, 3.05) is 17.6 Å². The number of anilines is 2. The average Bonchev–Trinajstić information content (AvgIpc) is 3.21. The van der Waals surface area contributed by atoms with Gasteiger partial charge in [0.2, 0.25) is 0 Å². The number of aromatic nitrogens is 2. The summed E-state index contributed by atoms with van der Waals surface area (Å²) in [4.78, 5) is 9.85. The van der Waals surface area contributed by atoms with E-state index in [1.165, 1.54) is 10.4 Å². The molecule has 0 amide bonds. The molecule has 0 aliphatic carbocycles. The summed E-state index contributed by atoms with van der Waals surface area (Å²) in [5, 5.41) is 6.39. The van der Waals surface area contributed by atoms with E-state index >= 15 is 0 Å². The maximum absolute atomic E-state index is 5.90. The molecule has 0 aliphatic heterocycles. The van der Waals surface area contributed by atoms with E-state index in [0.717, 1.165) is 35.4 Å². The predicted molar refractivity (Wildman–Crippen MR) is 111 cm³/mol. The van der Waals surface area contributed by atoms with Crippen molar-refractivity contribution in [2.45, 2.75) is 13.0 Å². The van der Waals surface area contributed by atoms with Crippen molar-refractivity contribution >= 4 is 33.7 Å². The number of ether oxygens (including phenoxy) is 1. The Labute approximate surface area is 161 Å². The van der Waals surface area contributed by atoms with Gasteiger partial charge in [-0.05, 0) is 53.8 Å². The molecule has 0 bridgehead atoms. The van der Waals surface area contributed by atoms with Crippen LogP contribution in [0.15, 0.2) is 66.3 Å². The number of hydrogen-bond acceptors (Lipinski definition) is 6. The van der Waals surface area contributed by atoms with Crippen LogP contribution in [0.1, 0.15) is 10.4 Å². The molecule has 2 heterocycles. The molecule has 0 radical (unpaired) electrons. The summed E-state index contributed by atoms with van der Waals surface area (Å²) in [7, 11) is 0.